The van der Waals surface area contributed by atoms with E-state index >= 15 is 0 Å². The number of hydrogen-bond donors (Lipinski definition) is 0. The van der Waals surface area contributed by atoms with Crippen LogP contribution in [0.1, 0.15) is 16.7 Å². The lowest BCUT2D eigenvalue weighted by Gasteiger charge is -2.06. The van der Waals surface area contributed by atoms with Gasteiger partial charge in [-0.1, -0.05) is 41.4 Å². The largest absolute Gasteiger partial charge is 0.416 e. The van der Waals surface area contributed by atoms with Crippen molar-refractivity contribution < 1.29 is 13.2 Å². The Bertz CT molecular complexity index is 756. The Balaban J connectivity index is 2.37. The van der Waals surface area contributed by atoms with Crippen molar-refractivity contribution in [2.24, 2.45) is 0 Å². The molecule has 0 saturated carbocycles. The summed E-state index contributed by atoms with van der Waals surface area (Å²) in [6.45, 7) is 0. The molecule has 2 rings (SSSR count). The van der Waals surface area contributed by atoms with E-state index in [1.165, 1.54) is 24.3 Å². The van der Waals surface area contributed by atoms with Gasteiger partial charge in [-0.2, -0.15) is 18.4 Å². The van der Waals surface area contributed by atoms with Gasteiger partial charge in [-0.3, -0.25) is 0 Å². The molecule has 0 bridgehead atoms. The van der Waals surface area contributed by atoms with E-state index in [1.54, 1.807) is 12.1 Å². The fourth-order valence-corrected chi connectivity index (χ4v) is 2.08. The predicted octanol–water partition coefficient (Wildman–Crippen LogP) is 6.08. The highest BCUT2D eigenvalue weighted by atomic mass is 35.5. The molecule has 0 aliphatic rings. The van der Waals surface area contributed by atoms with E-state index in [4.69, 9.17) is 23.2 Å². The number of nitriles is 1. The van der Waals surface area contributed by atoms with Gasteiger partial charge in [0.2, 0.25) is 0 Å². The van der Waals surface area contributed by atoms with Crippen molar-refractivity contribution in [2.75, 3.05) is 0 Å². The lowest BCUT2D eigenvalue weighted by Crippen LogP contribution is -2.03. The van der Waals surface area contributed by atoms with Gasteiger partial charge in [0.25, 0.3) is 0 Å². The van der Waals surface area contributed by atoms with Crippen LogP contribution < -0.4 is 0 Å². The summed E-state index contributed by atoms with van der Waals surface area (Å²) in [6.07, 6.45) is -2.90. The zero-order valence-electron chi connectivity index (χ0n) is 11.0. The van der Waals surface area contributed by atoms with Crippen molar-refractivity contribution in [1.82, 2.24) is 0 Å². The third-order valence-electron chi connectivity index (χ3n) is 2.90. The second-order valence-electron chi connectivity index (χ2n) is 4.42. The molecule has 0 aliphatic carbocycles. The van der Waals surface area contributed by atoms with Gasteiger partial charge in [-0.15, -0.1) is 0 Å². The van der Waals surface area contributed by atoms with Gasteiger partial charge < -0.3 is 0 Å². The first-order valence-electron chi connectivity index (χ1n) is 6.06. The third-order valence-corrected chi connectivity index (χ3v) is 3.64. The van der Waals surface area contributed by atoms with Crippen LogP contribution in [0.5, 0.6) is 0 Å². The molecule has 0 spiro atoms. The van der Waals surface area contributed by atoms with Crippen LogP contribution >= 0.6 is 23.2 Å². The minimum Gasteiger partial charge on any atom is -0.192 e. The Morgan fingerprint density at radius 2 is 1.64 bits per heavy atom. The maximum atomic E-state index is 12.5. The van der Waals surface area contributed by atoms with Crippen LogP contribution in [-0.4, -0.2) is 0 Å². The molecule has 0 unspecified atom stereocenters. The van der Waals surface area contributed by atoms with E-state index < -0.39 is 11.7 Å². The standard InChI is InChI=1S/C16H8Cl2F3N/c17-14-6-3-11(8-15(14)18)12(9-22)7-10-1-4-13(5-2-10)16(19,20)21/h1-8H/b12-7+. The molecule has 0 saturated heterocycles. The Labute approximate surface area is 135 Å². The summed E-state index contributed by atoms with van der Waals surface area (Å²) in [7, 11) is 0. The molecule has 22 heavy (non-hydrogen) atoms. The van der Waals surface area contributed by atoms with Crippen molar-refractivity contribution >= 4 is 34.9 Å². The first kappa shape index (κ1) is 16.4. The highest BCUT2D eigenvalue weighted by Crippen LogP contribution is 2.30. The molecule has 0 aromatic heterocycles. The summed E-state index contributed by atoms with van der Waals surface area (Å²) in [5.41, 5.74) is 0.559. The van der Waals surface area contributed by atoms with E-state index in [-0.39, 0.29) is 5.57 Å². The average Bonchev–Trinajstić information content (AvgIpc) is 2.47. The third kappa shape index (κ3) is 3.82. The Morgan fingerprint density at radius 3 is 2.14 bits per heavy atom. The molecular formula is C16H8Cl2F3N. The van der Waals surface area contributed by atoms with Gasteiger partial charge in [-0.25, -0.2) is 0 Å². The second kappa shape index (κ2) is 6.43. The summed E-state index contributed by atoms with van der Waals surface area (Å²) in [6, 6.07) is 11.2. The smallest absolute Gasteiger partial charge is 0.192 e. The zero-order valence-corrected chi connectivity index (χ0v) is 12.5. The molecule has 2 aromatic carbocycles. The monoisotopic (exact) mass is 341 g/mol. The fourth-order valence-electron chi connectivity index (χ4n) is 1.78. The van der Waals surface area contributed by atoms with Crippen molar-refractivity contribution in [3.8, 4) is 6.07 Å². The number of nitrogens with zero attached hydrogens (tertiary/aromatic N) is 1. The lowest BCUT2D eigenvalue weighted by molar-refractivity contribution is -0.137. The summed E-state index contributed by atoms with van der Waals surface area (Å²) in [5.74, 6) is 0. The minimum atomic E-state index is -4.38. The van der Waals surface area contributed by atoms with Crippen LogP contribution in [0.2, 0.25) is 10.0 Å². The van der Waals surface area contributed by atoms with Gasteiger partial charge in [0.05, 0.1) is 27.3 Å². The molecule has 0 atom stereocenters. The molecule has 0 radical (unpaired) electrons. The normalized spacial score (nSPS) is 12.1. The van der Waals surface area contributed by atoms with E-state index in [1.807, 2.05) is 6.07 Å². The molecule has 0 fully saturated rings. The number of allylic oxidation sites excluding steroid dienone is 1. The Hall–Kier alpha value is -1.96. The molecule has 0 amide bonds. The van der Waals surface area contributed by atoms with Gasteiger partial charge >= 0.3 is 6.18 Å². The molecule has 0 aliphatic heterocycles. The number of halogens is 5. The quantitative estimate of drug-likeness (QED) is 0.479. The van der Waals surface area contributed by atoms with Crippen LogP contribution in [0, 0.1) is 11.3 Å². The highest BCUT2D eigenvalue weighted by molar-refractivity contribution is 6.42. The number of hydrogen-bond acceptors (Lipinski definition) is 1. The van der Waals surface area contributed by atoms with E-state index in [0.717, 1.165) is 12.1 Å². The van der Waals surface area contributed by atoms with Gasteiger partial charge in [0.15, 0.2) is 0 Å². The number of benzene rings is 2. The van der Waals surface area contributed by atoms with E-state index in [9.17, 15) is 18.4 Å². The average molecular weight is 342 g/mol. The molecule has 112 valence electrons. The lowest BCUT2D eigenvalue weighted by atomic mass is 10.0. The summed E-state index contributed by atoms with van der Waals surface area (Å²) in [4.78, 5) is 0. The zero-order chi connectivity index (χ0) is 16.3. The molecule has 6 heteroatoms. The van der Waals surface area contributed by atoms with Crippen LogP contribution in [0.25, 0.3) is 11.6 Å². The summed E-state index contributed by atoms with van der Waals surface area (Å²) < 4.78 is 37.5. The Morgan fingerprint density at radius 1 is 1.00 bits per heavy atom. The first-order chi connectivity index (χ1) is 10.3. The highest BCUT2D eigenvalue weighted by Gasteiger charge is 2.29. The van der Waals surface area contributed by atoms with Crippen LogP contribution in [0.4, 0.5) is 13.2 Å². The summed E-state index contributed by atoms with van der Waals surface area (Å²) >= 11 is 11.7. The van der Waals surface area contributed by atoms with Crippen LogP contribution in [0.3, 0.4) is 0 Å². The maximum absolute atomic E-state index is 12.5. The minimum absolute atomic E-state index is 0.276. The van der Waals surface area contributed by atoms with Crippen LogP contribution in [0.15, 0.2) is 42.5 Å². The van der Waals surface area contributed by atoms with E-state index in [0.29, 0.717) is 21.2 Å². The maximum Gasteiger partial charge on any atom is 0.416 e. The molecule has 2 aromatic rings. The number of rotatable bonds is 2. The van der Waals surface area contributed by atoms with E-state index in [2.05, 4.69) is 0 Å². The van der Waals surface area contributed by atoms with Crippen molar-refractivity contribution in [3.63, 3.8) is 0 Å². The molecule has 0 N–H and O–H groups in total. The molecular weight excluding hydrogens is 334 g/mol. The van der Waals surface area contributed by atoms with Gasteiger partial charge in [0, 0.05) is 0 Å². The van der Waals surface area contributed by atoms with Crippen LogP contribution in [-0.2, 0) is 6.18 Å². The predicted molar refractivity (Wildman–Crippen MR) is 81.4 cm³/mol. The van der Waals surface area contributed by atoms with Gasteiger partial charge in [0.1, 0.15) is 0 Å². The SMILES string of the molecule is N#C/C(=C\c1ccc(C(F)(F)F)cc1)c1ccc(Cl)c(Cl)c1. The topological polar surface area (TPSA) is 23.8 Å². The first-order valence-corrected chi connectivity index (χ1v) is 6.81. The van der Waals surface area contributed by atoms with Gasteiger partial charge in [-0.05, 0) is 41.5 Å². The molecule has 1 nitrogen and oxygen atoms in total. The Kier molecular flexibility index (Phi) is 4.80. The van der Waals surface area contributed by atoms with Crippen molar-refractivity contribution in [2.45, 2.75) is 6.18 Å². The number of alkyl halides is 3. The van der Waals surface area contributed by atoms with Crippen molar-refractivity contribution in [1.29, 1.82) is 5.26 Å². The summed E-state index contributed by atoms with van der Waals surface area (Å²) in [5, 5.41) is 9.87. The van der Waals surface area contributed by atoms with Crippen molar-refractivity contribution in [3.05, 3.63) is 69.2 Å². The fraction of sp³-hybridized carbons (Fsp3) is 0.0625. The molecule has 0 heterocycles. The second-order valence-corrected chi connectivity index (χ2v) is 5.23.